The van der Waals surface area contributed by atoms with Crippen LogP contribution in [-0.2, 0) is 13.6 Å². The number of nitrogens with zero attached hydrogens (tertiary/aromatic N) is 3. The molecular formula is C16H23ClN4. The molecule has 0 saturated heterocycles. The van der Waals surface area contributed by atoms with Crippen molar-refractivity contribution in [3.63, 3.8) is 0 Å². The Morgan fingerprint density at radius 1 is 1.38 bits per heavy atom. The second-order valence-corrected chi connectivity index (χ2v) is 5.84. The van der Waals surface area contributed by atoms with Crippen LogP contribution in [0.5, 0.6) is 0 Å². The molecule has 5 heteroatoms. The van der Waals surface area contributed by atoms with Gasteiger partial charge in [-0.15, -0.1) is 0 Å². The highest BCUT2D eigenvalue weighted by Crippen LogP contribution is 2.21. The van der Waals surface area contributed by atoms with E-state index in [4.69, 9.17) is 11.6 Å². The first-order valence-corrected chi connectivity index (χ1v) is 7.57. The van der Waals surface area contributed by atoms with Gasteiger partial charge in [-0.05, 0) is 24.1 Å². The summed E-state index contributed by atoms with van der Waals surface area (Å²) in [5.41, 5.74) is 2.39. The van der Waals surface area contributed by atoms with E-state index < -0.39 is 0 Å². The highest BCUT2D eigenvalue weighted by atomic mass is 35.5. The normalized spacial score (nSPS) is 12.4. The molecule has 0 aliphatic heterocycles. The van der Waals surface area contributed by atoms with Gasteiger partial charge in [-0.25, -0.2) is 4.98 Å². The number of anilines is 1. The molecule has 0 amide bonds. The average molecular weight is 307 g/mol. The third-order valence-electron chi connectivity index (χ3n) is 3.65. The zero-order valence-corrected chi connectivity index (χ0v) is 13.9. The number of rotatable bonds is 6. The summed E-state index contributed by atoms with van der Waals surface area (Å²) < 4.78 is 2.11. The predicted octanol–water partition coefficient (Wildman–Crippen LogP) is 3.38. The smallest absolute Gasteiger partial charge is 0.204 e. The third kappa shape index (κ3) is 3.77. The van der Waals surface area contributed by atoms with E-state index in [-0.39, 0.29) is 0 Å². The van der Waals surface area contributed by atoms with Gasteiger partial charge in [0.1, 0.15) is 0 Å². The molecule has 0 saturated carbocycles. The van der Waals surface area contributed by atoms with Gasteiger partial charge < -0.3 is 14.8 Å². The van der Waals surface area contributed by atoms with Crippen molar-refractivity contribution < 1.29 is 0 Å². The topological polar surface area (TPSA) is 33.1 Å². The lowest BCUT2D eigenvalue weighted by molar-refractivity contribution is 0.508. The predicted molar refractivity (Wildman–Crippen MR) is 88.9 cm³/mol. The summed E-state index contributed by atoms with van der Waals surface area (Å²) >= 11 is 6.08. The molecular weight excluding hydrogens is 284 g/mol. The van der Waals surface area contributed by atoms with Crippen LogP contribution in [-0.4, -0.2) is 23.6 Å². The molecule has 4 nitrogen and oxygen atoms in total. The summed E-state index contributed by atoms with van der Waals surface area (Å²) in [6, 6.07) is 8.33. The van der Waals surface area contributed by atoms with Crippen LogP contribution in [0.1, 0.15) is 30.6 Å². The number of aromatic nitrogens is 2. The van der Waals surface area contributed by atoms with Gasteiger partial charge in [0, 0.05) is 38.8 Å². The molecule has 1 atom stereocenters. The van der Waals surface area contributed by atoms with E-state index in [1.807, 2.05) is 50.4 Å². The number of hydrogen-bond acceptors (Lipinski definition) is 3. The van der Waals surface area contributed by atoms with E-state index >= 15 is 0 Å². The Morgan fingerprint density at radius 3 is 2.71 bits per heavy atom. The van der Waals surface area contributed by atoms with Gasteiger partial charge in [0.05, 0.1) is 11.9 Å². The molecule has 1 aromatic heterocycles. The zero-order chi connectivity index (χ0) is 15.4. The highest BCUT2D eigenvalue weighted by Gasteiger charge is 2.12. The monoisotopic (exact) mass is 306 g/mol. The molecule has 1 N–H and O–H groups in total. The van der Waals surface area contributed by atoms with Gasteiger partial charge in [-0.3, -0.25) is 0 Å². The van der Waals surface area contributed by atoms with Gasteiger partial charge in [-0.2, -0.15) is 0 Å². The van der Waals surface area contributed by atoms with Crippen LogP contribution in [0, 0.1) is 0 Å². The quantitative estimate of drug-likeness (QED) is 0.888. The number of imidazole rings is 1. The molecule has 0 aliphatic carbocycles. The van der Waals surface area contributed by atoms with Crippen molar-refractivity contribution in [3.8, 4) is 0 Å². The van der Waals surface area contributed by atoms with Crippen molar-refractivity contribution in [2.75, 3.05) is 19.0 Å². The minimum atomic E-state index is 0.293. The number of hydrogen-bond donors (Lipinski definition) is 1. The van der Waals surface area contributed by atoms with Crippen LogP contribution < -0.4 is 10.2 Å². The molecule has 0 bridgehead atoms. The molecule has 1 heterocycles. The summed E-state index contributed by atoms with van der Waals surface area (Å²) in [6.07, 6.45) is 2.94. The van der Waals surface area contributed by atoms with Crippen molar-refractivity contribution in [2.45, 2.75) is 25.9 Å². The summed E-state index contributed by atoms with van der Waals surface area (Å²) in [5.74, 6) is 0.961. The van der Waals surface area contributed by atoms with Crippen molar-refractivity contribution >= 4 is 17.5 Å². The summed E-state index contributed by atoms with van der Waals surface area (Å²) in [5, 5.41) is 4.37. The Balaban J connectivity index is 2.07. The van der Waals surface area contributed by atoms with Crippen molar-refractivity contribution in [3.05, 3.63) is 46.7 Å². The van der Waals surface area contributed by atoms with E-state index in [9.17, 15) is 0 Å². The second kappa shape index (κ2) is 6.96. The lowest BCUT2D eigenvalue weighted by Gasteiger charge is -2.18. The number of halogens is 1. The Kier molecular flexibility index (Phi) is 5.26. The van der Waals surface area contributed by atoms with Crippen molar-refractivity contribution in [1.29, 1.82) is 0 Å². The fourth-order valence-corrected chi connectivity index (χ4v) is 2.66. The van der Waals surface area contributed by atoms with Crippen LogP contribution >= 0.6 is 11.6 Å². The van der Waals surface area contributed by atoms with Gasteiger partial charge in [0.15, 0.2) is 0 Å². The maximum Gasteiger partial charge on any atom is 0.204 e. The largest absolute Gasteiger partial charge is 0.348 e. The van der Waals surface area contributed by atoms with Gasteiger partial charge in [0.25, 0.3) is 0 Å². The zero-order valence-electron chi connectivity index (χ0n) is 13.1. The summed E-state index contributed by atoms with van der Waals surface area (Å²) in [4.78, 5) is 6.45. The molecule has 2 rings (SSSR count). The first-order valence-electron chi connectivity index (χ1n) is 7.19. The summed E-state index contributed by atoms with van der Waals surface area (Å²) in [7, 11) is 6.04. The van der Waals surface area contributed by atoms with Crippen LogP contribution in [0.4, 0.5) is 5.95 Å². The van der Waals surface area contributed by atoms with Crippen molar-refractivity contribution in [2.24, 2.45) is 7.05 Å². The molecule has 0 fully saturated rings. The second-order valence-electron chi connectivity index (χ2n) is 5.40. The lowest BCUT2D eigenvalue weighted by Crippen LogP contribution is -2.22. The number of benzene rings is 1. The van der Waals surface area contributed by atoms with Crippen LogP contribution in [0.25, 0.3) is 0 Å². The maximum atomic E-state index is 6.08. The first kappa shape index (κ1) is 15.9. The van der Waals surface area contributed by atoms with E-state index in [0.717, 1.165) is 23.9 Å². The standard InChI is InChI=1S/C16H23ClN4/c1-5-15(12-7-6-8-13(17)9-12)18-10-14-11-19-16(20(2)3)21(14)4/h6-9,11,15,18H,5,10H2,1-4H3. The lowest BCUT2D eigenvalue weighted by atomic mass is 10.0. The maximum absolute atomic E-state index is 6.08. The Hall–Kier alpha value is -1.52. The molecule has 0 spiro atoms. The van der Waals surface area contributed by atoms with Crippen molar-refractivity contribution in [1.82, 2.24) is 14.9 Å². The number of nitrogens with one attached hydrogen (secondary N) is 1. The fraction of sp³-hybridized carbons (Fsp3) is 0.438. The molecule has 1 unspecified atom stereocenters. The third-order valence-corrected chi connectivity index (χ3v) is 3.88. The van der Waals surface area contributed by atoms with E-state index in [1.54, 1.807) is 0 Å². The van der Waals surface area contributed by atoms with Crippen LogP contribution in [0.2, 0.25) is 5.02 Å². The average Bonchev–Trinajstić information content (AvgIpc) is 2.81. The minimum absolute atomic E-state index is 0.293. The molecule has 0 aliphatic rings. The van der Waals surface area contributed by atoms with E-state index in [1.165, 1.54) is 11.3 Å². The van der Waals surface area contributed by atoms with Gasteiger partial charge in [-0.1, -0.05) is 30.7 Å². The SMILES string of the molecule is CCC(NCc1cnc(N(C)C)n1C)c1cccc(Cl)c1. The molecule has 114 valence electrons. The van der Waals surface area contributed by atoms with Gasteiger partial charge in [0.2, 0.25) is 5.95 Å². The summed E-state index contributed by atoms with van der Waals surface area (Å²) in [6.45, 7) is 2.95. The minimum Gasteiger partial charge on any atom is -0.348 e. The van der Waals surface area contributed by atoms with Crippen LogP contribution in [0.3, 0.4) is 0 Å². The Morgan fingerprint density at radius 2 is 2.14 bits per heavy atom. The highest BCUT2D eigenvalue weighted by molar-refractivity contribution is 6.30. The van der Waals surface area contributed by atoms with E-state index in [2.05, 4.69) is 27.9 Å². The molecule has 0 radical (unpaired) electrons. The first-order chi connectivity index (χ1) is 10.0. The Labute approximate surface area is 131 Å². The molecule has 2 aromatic rings. The fourth-order valence-electron chi connectivity index (χ4n) is 2.46. The van der Waals surface area contributed by atoms with Crippen LogP contribution in [0.15, 0.2) is 30.5 Å². The van der Waals surface area contributed by atoms with E-state index in [0.29, 0.717) is 6.04 Å². The Bertz CT molecular complexity index is 592. The van der Waals surface area contributed by atoms with Gasteiger partial charge >= 0.3 is 0 Å². The molecule has 21 heavy (non-hydrogen) atoms. The molecule has 1 aromatic carbocycles.